The van der Waals surface area contributed by atoms with Crippen molar-refractivity contribution in [3.05, 3.63) is 71.0 Å². The van der Waals surface area contributed by atoms with Gasteiger partial charge in [0.15, 0.2) is 0 Å². The van der Waals surface area contributed by atoms with Crippen LogP contribution in [0.25, 0.3) is 22.3 Å². The molecule has 0 saturated carbocycles. The Bertz CT molecular complexity index is 987. The van der Waals surface area contributed by atoms with Gasteiger partial charge in [0.25, 0.3) is 0 Å². The Morgan fingerprint density at radius 1 is 1.08 bits per heavy atom. The first-order valence-corrected chi connectivity index (χ1v) is 8.05. The average Bonchev–Trinajstić information content (AvgIpc) is 2.61. The highest BCUT2D eigenvalue weighted by Crippen LogP contribution is 2.41. The van der Waals surface area contributed by atoms with Crippen LogP contribution in [0.3, 0.4) is 0 Å². The minimum atomic E-state index is -0.700. The third kappa shape index (κ3) is 3.34. The molecular weight excluding hydrogens is 357 g/mol. The van der Waals surface area contributed by atoms with Gasteiger partial charge in [-0.25, -0.2) is 4.39 Å². The number of benzene rings is 3. The van der Waals surface area contributed by atoms with Crippen LogP contribution in [-0.2, 0) is 0 Å². The molecule has 0 radical (unpaired) electrons. The van der Waals surface area contributed by atoms with Crippen LogP contribution in [0.4, 0.5) is 4.39 Å². The van der Waals surface area contributed by atoms with E-state index in [1.807, 2.05) is 0 Å². The minimum Gasteiger partial charge on any atom is -0.508 e. The lowest BCUT2D eigenvalue weighted by Gasteiger charge is -2.17. The lowest BCUT2D eigenvalue weighted by molar-refractivity contribution is 0.100. The molecule has 0 fully saturated rings. The van der Waals surface area contributed by atoms with Gasteiger partial charge < -0.3 is 15.6 Å². The summed E-state index contributed by atoms with van der Waals surface area (Å²) in [5.41, 5.74) is 7.71. The van der Waals surface area contributed by atoms with Gasteiger partial charge in [0.2, 0.25) is 5.91 Å². The van der Waals surface area contributed by atoms with Crippen LogP contribution in [0, 0.1) is 5.82 Å². The number of amides is 1. The molecule has 6 heteroatoms. The van der Waals surface area contributed by atoms with Crippen molar-refractivity contribution in [2.45, 2.75) is 0 Å². The molecule has 3 aromatic carbocycles. The first-order valence-electron chi connectivity index (χ1n) is 7.67. The Balaban J connectivity index is 2.41. The molecule has 4 nitrogen and oxygen atoms in total. The van der Waals surface area contributed by atoms with Crippen LogP contribution >= 0.6 is 11.6 Å². The predicted octanol–water partition coefficient (Wildman–Crippen LogP) is 4.63. The van der Waals surface area contributed by atoms with E-state index in [4.69, 9.17) is 22.1 Å². The minimum absolute atomic E-state index is 0.0933. The number of phenolic OH excluding ortho intramolecular Hbond substituents is 1. The standard InChI is InChI=1S/C20H15ClFNO3/c1-26-18-7-4-13(22)10-16(18)19-15(11-2-5-14(24)6-3-11)8-12(21)9-17(19)20(23)25/h2-10,24H,1H3,(H2,23,25). The second-order valence-electron chi connectivity index (χ2n) is 5.63. The highest BCUT2D eigenvalue weighted by Gasteiger charge is 2.21. The number of phenols is 1. The molecule has 1 amide bonds. The number of halogens is 2. The third-order valence-electron chi connectivity index (χ3n) is 3.98. The van der Waals surface area contributed by atoms with Crippen molar-refractivity contribution in [1.29, 1.82) is 0 Å². The smallest absolute Gasteiger partial charge is 0.249 e. The van der Waals surface area contributed by atoms with Crippen molar-refractivity contribution in [2.24, 2.45) is 5.73 Å². The Labute approximate surface area is 154 Å². The molecule has 0 unspecified atom stereocenters. The summed E-state index contributed by atoms with van der Waals surface area (Å²) in [6, 6.07) is 13.5. The van der Waals surface area contributed by atoms with E-state index in [1.165, 1.54) is 43.5 Å². The van der Waals surface area contributed by atoms with Gasteiger partial charge in [0, 0.05) is 21.7 Å². The van der Waals surface area contributed by atoms with Crippen molar-refractivity contribution in [2.75, 3.05) is 7.11 Å². The van der Waals surface area contributed by atoms with Gasteiger partial charge in [-0.2, -0.15) is 0 Å². The SMILES string of the molecule is COc1ccc(F)cc1-c1c(C(N)=O)cc(Cl)cc1-c1ccc(O)cc1. The second kappa shape index (κ2) is 7.06. The number of nitrogens with two attached hydrogens (primary N) is 1. The highest BCUT2D eigenvalue weighted by atomic mass is 35.5. The number of hydrogen-bond acceptors (Lipinski definition) is 3. The first kappa shape index (κ1) is 17.8. The molecule has 132 valence electrons. The topological polar surface area (TPSA) is 72.5 Å². The fourth-order valence-corrected chi connectivity index (χ4v) is 3.05. The Hall–Kier alpha value is -3.05. The fraction of sp³-hybridized carbons (Fsp3) is 0.0500. The van der Waals surface area contributed by atoms with Gasteiger partial charge in [-0.1, -0.05) is 23.7 Å². The second-order valence-corrected chi connectivity index (χ2v) is 6.07. The van der Waals surface area contributed by atoms with Crippen LogP contribution in [0.2, 0.25) is 5.02 Å². The van der Waals surface area contributed by atoms with Crippen LogP contribution < -0.4 is 10.5 Å². The Morgan fingerprint density at radius 3 is 2.38 bits per heavy atom. The van der Waals surface area contributed by atoms with Gasteiger partial charge in [-0.3, -0.25) is 4.79 Å². The van der Waals surface area contributed by atoms with Crippen molar-refractivity contribution >= 4 is 17.5 Å². The number of carbonyl (C=O) groups is 1. The van der Waals surface area contributed by atoms with E-state index in [0.29, 0.717) is 33.0 Å². The van der Waals surface area contributed by atoms with E-state index in [-0.39, 0.29) is 11.3 Å². The molecule has 3 aromatic rings. The molecular formula is C20H15ClFNO3. The maximum atomic E-state index is 13.9. The summed E-state index contributed by atoms with van der Waals surface area (Å²) in [5, 5.41) is 9.84. The zero-order valence-corrected chi connectivity index (χ0v) is 14.5. The Kier molecular flexibility index (Phi) is 4.82. The number of rotatable bonds is 4. The summed E-state index contributed by atoms with van der Waals surface area (Å²) in [6.45, 7) is 0. The molecule has 0 aromatic heterocycles. The highest BCUT2D eigenvalue weighted by molar-refractivity contribution is 6.31. The number of carbonyl (C=O) groups excluding carboxylic acids is 1. The Morgan fingerprint density at radius 2 is 1.77 bits per heavy atom. The maximum Gasteiger partial charge on any atom is 0.249 e. The van der Waals surface area contributed by atoms with E-state index in [0.717, 1.165) is 0 Å². The van der Waals surface area contributed by atoms with Gasteiger partial charge in [0.05, 0.1) is 7.11 Å². The van der Waals surface area contributed by atoms with Gasteiger partial charge in [-0.15, -0.1) is 0 Å². The lowest BCUT2D eigenvalue weighted by atomic mass is 9.89. The van der Waals surface area contributed by atoms with Crippen LogP contribution in [0.5, 0.6) is 11.5 Å². The average molecular weight is 372 g/mol. The molecule has 0 atom stereocenters. The van der Waals surface area contributed by atoms with Crippen molar-refractivity contribution in [3.8, 4) is 33.8 Å². The van der Waals surface area contributed by atoms with Gasteiger partial charge in [-0.05, 0) is 53.6 Å². The largest absolute Gasteiger partial charge is 0.508 e. The molecule has 0 heterocycles. The number of methoxy groups -OCH3 is 1. The van der Waals surface area contributed by atoms with Crippen molar-refractivity contribution in [1.82, 2.24) is 0 Å². The monoisotopic (exact) mass is 371 g/mol. The summed E-state index contributed by atoms with van der Waals surface area (Å²) in [4.78, 5) is 12.1. The molecule has 0 aliphatic heterocycles. The zero-order valence-electron chi connectivity index (χ0n) is 13.8. The van der Waals surface area contributed by atoms with Crippen molar-refractivity contribution < 1.29 is 19.0 Å². The number of ether oxygens (including phenoxy) is 1. The number of hydrogen-bond donors (Lipinski definition) is 2. The number of aromatic hydroxyl groups is 1. The van der Waals surface area contributed by atoms with E-state index in [9.17, 15) is 14.3 Å². The van der Waals surface area contributed by atoms with Crippen LogP contribution in [0.15, 0.2) is 54.6 Å². The number of primary amides is 1. The maximum absolute atomic E-state index is 13.9. The molecule has 0 bridgehead atoms. The summed E-state index contributed by atoms with van der Waals surface area (Å²) in [7, 11) is 1.46. The van der Waals surface area contributed by atoms with Gasteiger partial charge >= 0.3 is 0 Å². The van der Waals surface area contributed by atoms with Gasteiger partial charge in [0.1, 0.15) is 17.3 Å². The quantitative estimate of drug-likeness (QED) is 0.702. The molecule has 0 aliphatic rings. The summed E-state index contributed by atoms with van der Waals surface area (Å²) in [5.74, 6) is -0.705. The summed E-state index contributed by atoms with van der Waals surface area (Å²) >= 11 is 6.18. The molecule has 3 rings (SSSR count). The van der Waals surface area contributed by atoms with E-state index in [1.54, 1.807) is 18.2 Å². The van der Waals surface area contributed by atoms with Crippen molar-refractivity contribution in [3.63, 3.8) is 0 Å². The molecule has 0 spiro atoms. The summed E-state index contributed by atoms with van der Waals surface area (Å²) < 4.78 is 19.3. The molecule has 26 heavy (non-hydrogen) atoms. The first-order chi connectivity index (χ1) is 12.4. The molecule has 0 aliphatic carbocycles. The lowest BCUT2D eigenvalue weighted by Crippen LogP contribution is -2.13. The van der Waals surface area contributed by atoms with E-state index in [2.05, 4.69) is 0 Å². The predicted molar refractivity (Wildman–Crippen MR) is 99.0 cm³/mol. The summed E-state index contributed by atoms with van der Waals surface area (Å²) in [6.07, 6.45) is 0. The third-order valence-corrected chi connectivity index (χ3v) is 4.20. The molecule has 3 N–H and O–H groups in total. The van der Waals surface area contributed by atoms with Crippen LogP contribution in [-0.4, -0.2) is 18.1 Å². The van der Waals surface area contributed by atoms with Crippen LogP contribution in [0.1, 0.15) is 10.4 Å². The van der Waals surface area contributed by atoms with E-state index < -0.39 is 11.7 Å². The zero-order chi connectivity index (χ0) is 18.8. The van der Waals surface area contributed by atoms with E-state index >= 15 is 0 Å². The fourth-order valence-electron chi connectivity index (χ4n) is 2.84. The normalized spacial score (nSPS) is 10.6. The molecule has 0 saturated heterocycles.